The van der Waals surface area contributed by atoms with Crippen LogP contribution in [0.3, 0.4) is 0 Å². The van der Waals surface area contributed by atoms with Crippen molar-refractivity contribution in [2.45, 2.75) is 6.92 Å². The maximum atomic E-state index is 12.4. The van der Waals surface area contributed by atoms with Crippen LogP contribution in [0.15, 0.2) is 59.7 Å². The summed E-state index contributed by atoms with van der Waals surface area (Å²) in [6.07, 6.45) is 3.24. The van der Waals surface area contributed by atoms with E-state index >= 15 is 0 Å². The number of hydrogen-bond acceptors (Lipinski definition) is 2. The maximum absolute atomic E-state index is 12.4. The van der Waals surface area contributed by atoms with Gasteiger partial charge < -0.3 is 9.32 Å². The Morgan fingerprint density at radius 2 is 2.06 bits per heavy atom. The third-order valence-corrected chi connectivity index (χ3v) is 2.71. The molecule has 1 heterocycles. The van der Waals surface area contributed by atoms with Gasteiger partial charge in [-0.3, -0.25) is 4.79 Å². The maximum Gasteiger partial charge on any atom is 0.262 e. The Kier molecular flexibility index (Phi) is 3.63. The van der Waals surface area contributed by atoms with E-state index in [9.17, 15) is 4.79 Å². The minimum absolute atomic E-state index is 0.0765. The van der Waals surface area contributed by atoms with Crippen LogP contribution in [-0.2, 0) is 0 Å². The van der Waals surface area contributed by atoms with Gasteiger partial charge in [-0.25, -0.2) is 0 Å². The SMILES string of the molecule is C=CCN(C(=O)c1ccoc1C)c1ccccc1. The molecular weight excluding hydrogens is 226 g/mol. The van der Waals surface area contributed by atoms with Crippen molar-refractivity contribution in [1.82, 2.24) is 0 Å². The Bertz CT molecular complexity index is 543. The van der Waals surface area contributed by atoms with Crippen LogP contribution in [0, 0.1) is 6.92 Å². The highest BCUT2D eigenvalue weighted by Gasteiger charge is 2.19. The van der Waals surface area contributed by atoms with Crippen LogP contribution >= 0.6 is 0 Å². The van der Waals surface area contributed by atoms with Crippen LogP contribution in [0.2, 0.25) is 0 Å². The van der Waals surface area contributed by atoms with Gasteiger partial charge >= 0.3 is 0 Å². The molecule has 0 aliphatic carbocycles. The van der Waals surface area contributed by atoms with Crippen molar-refractivity contribution in [2.24, 2.45) is 0 Å². The largest absolute Gasteiger partial charge is 0.469 e. The van der Waals surface area contributed by atoms with E-state index in [4.69, 9.17) is 4.42 Å². The summed E-state index contributed by atoms with van der Waals surface area (Å²) in [5.41, 5.74) is 1.43. The topological polar surface area (TPSA) is 33.5 Å². The number of amides is 1. The van der Waals surface area contributed by atoms with Crippen LogP contribution in [0.5, 0.6) is 0 Å². The monoisotopic (exact) mass is 241 g/mol. The molecule has 1 amide bonds. The highest BCUT2D eigenvalue weighted by molar-refractivity contribution is 6.06. The van der Waals surface area contributed by atoms with Crippen molar-refractivity contribution in [3.05, 3.63) is 66.6 Å². The lowest BCUT2D eigenvalue weighted by Crippen LogP contribution is -2.31. The van der Waals surface area contributed by atoms with Gasteiger partial charge in [0.1, 0.15) is 5.76 Å². The summed E-state index contributed by atoms with van der Waals surface area (Å²) < 4.78 is 5.18. The molecule has 3 heteroatoms. The van der Waals surface area contributed by atoms with Crippen molar-refractivity contribution < 1.29 is 9.21 Å². The van der Waals surface area contributed by atoms with Crippen molar-refractivity contribution in [3.8, 4) is 0 Å². The number of furan rings is 1. The molecule has 0 atom stereocenters. The number of carbonyl (C=O) groups excluding carboxylic acids is 1. The molecular formula is C15H15NO2. The molecule has 0 N–H and O–H groups in total. The molecule has 1 aromatic carbocycles. The summed E-state index contributed by atoms with van der Waals surface area (Å²) in [5, 5.41) is 0. The molecule has 0 saturated carbocycles. The lowest BCUT2D eigenvalue weighted by atomic mass is 10.2. The first-order valence-electron chi connectivity index (χ1n) is 5.76. The van der Waals surface area contributed by atoms with Crippen LogP contribution in [-0.4, -0.2) is 12.5 Å². The Labute approximate surface area is 106 Å². The number of para-hydroxylation sites is 1. The summed E-state index contributed by atoms with van der Waals surface area (Å²) in [4.78, 5) is 14.1. The molecule has 2 aromatic rings. The van der Waals surface area contributed by atoms with Gasteiger partial charge in [-0.05, 0) is 25.1 Å². The summed E-state index contributed by atoms with van der Waals surface area (Å²) in [6, 6.07) is 11.2. The fraction of sp³-hybridized carbons (Fsp3) is 0.133. The first-order valence-corrected chi connectivity index (χ1v) is 5.76. The highest BCUT2D eigenvalue weighted by atomic mass is 16.3. The third kappa shape index (κ3) is 2.35. The lowest BCUT2D eigenvalue weighted by molar-refractivity contribution is 0.0988. The second-order valence-corrected chi connectivity index (χ2v) is 3.93. The summed E-state index contributed by atoms with van der Waals surface area (Å²) in [5.74, 6) is 0.553. The number of anilines is 1. The van der Waals surface area contributed by atoms with Gasteiger partial charge in [0.2, 0.25) is 0 Å². The quantitative estimate of drug-likeness (QED) is 0.768. The second kappa shape index (κ2) is 5.36. The fourth-order valence-electron chi connectivity index (χ4n) is 1.79. The normalized spacial score (nSPS) is 10.1. The number of rotatable bonds is 4. The molecule has 18 heavy (non-hydrogen) atoms. The zero-order valence-corrected chi connectivity index (χ0v) is 10.3. The van der Waals surface area contributed by atoms with Crippen LogP contribution < -0.4 is 4.90 Å². The number of hydrogen-bond donors (Lipinski definition) is 0. The number of benzene rings is 1. The lowest BCUT2D eigenvalue weighted by Gasteiger charge is -2.20. The summed E-state index contributed by atoms with van der Waals surface area (Å²) in [6.45, 7) is 5.94. The van der Waals surface area contributed by atoms with Gasteiger partial charge in [0, 0.05) is 12.2 Å². The minimum atomic E-state index is -0.0765. The Hall–Kier alpha value is -2.29. The van der Waals surface area contributed by atoms with Crippen LogP contribution in [0.1, 0.15) is 16.1 Å². The molecule has 1 aromatic heterocycles. The Balaban J connectivity index is 2.34. The zero-order valence-electron chi connectivity index (χ0n) is 10.3. The molecule has 92 valence electrons. The molecule has 3 nitrogen and oxygen atoms in total. The predicted octanol–water partition coefficient (Wildman–Crippen LogP) is 3.42. The molecule has 0 bridgehead atoms. The standard InChI is InChI=1S/C15H15NO2/c1-3-10-16(13-7-5-4-6-8-13)15(17)14-9-11-18-12(14)2/h3-9,11H,1,10H2,2H3. The molecule has 0 fully saturated rings. The molecule has 2 rings (SSSR count). The highest BCUT2D eigenvalue weighted by Crippen LogP contribution is 2.19. The van der Waals surface area contributed by atoms with E-state index in [2.05, 4.69) is 6.58 Å². The van der Waals surface area contributed by atoms with Gasteiger partial charge in [0.25, 0.3) is 5.91 Å². The summed E-state index contributed by atoms with van der Waals surface area (Å²) >= 11 is 0. The molecule has 0 saturated heterocycles. The molecule has 0 spiro atoms. The van der Waals surface area contributed by atoms with Gasteiger partial charge in [0.05, 0.1) is 11.8 Å². The fourth-order valence-corrected chi connectivity index (χ4v) is 1.79. The van der Waals surface area contributed by atoms with Crippen molar-refractivity contribution in [3.63, 3.8) is 0 Å². The molecule has 0 radical (unpaired) electrons. The van der Waals surface area contributed by atoms with E-state index in [0.29, 0.717) is 17.9 Å². The molecule has 0 unspecified atom stereocenters. The zero-order chi connectivity index (χ0) is 13.0. The van der Waals surface area contributed by atoms with Gasteiger partial charge in [0.15, 0.2) is 0 Å². The van der Waals surface area contributed by atoms with E-state index in [0.717, 1.165) is 5.69 Å². The smallest absolute Gasteiger partial charge is 0.262 e. The number of aryl methyl sites for hydroxylation is 1. The van der Waals surface area contributed by atoms with Crippen molar-refractivity contribution >= 4 is 11.6 Å². The van der Waals surface area contributed by atoms with E-state index < -0.39 is 0 Å². The number of nitrogens with zero attached hydrogens (tertiary/aromatic N) is 1. The molecule has 0 aliphatic heterocycles. The third-order valence-electron chi connectivity index (χ3n) is 2.71. The minimum Gasteiger partial charge on any atom is -0.469 e. The average molecular weight is 241 g/mol. The van der Waals surface area contributed by atoms with Crippen molar-refractivity contribution in [1.29, 1.82) is 0 Å². The Morgan fingerprint density at radius 3 is 2.61 bits per heavy atom. The van der Waals surface area contributed by atoms with Gasteiger partial charge in [-0.2, -0.15) is 0 Å². The summed E-state index contributed by atoms with van der Waals surface area (Å²) in [7, 11) is 0. The average Bonchev–Trinajstić information content (AvgIpc) is 2.82. The molecule has 0 aliphatic rings. The van der Waals surface area contributed by atoms with Crippen LogP contribution in [0.4, 0.5) is 5.69 Å². The van der Waals surface area contributed by atoms with Gasteiger partial charge in [-0.1, -0.05) is 24.3 Å². The second-order valence-electron chi connectivity index (χ2n) is 3.93. The van der Waals surface area contributed by atoms with E-state index in [1.807, 2.05) is 30.3 Å². The number of carbonyl (C=O) groups is 1. The van der Waals surface area contributed by atoms with Crippen molar-refractivity contribution in [2.75, 3.05) is 11.4 Å². The Morgan fingerprint density at radius 1 is 1.33 bits per heavy atom. The van der Waals surface area contributed by atoms with Gasteiger partial charge in [-0.15, -0.1) is 6.58 Å². The van der Waals surface area contributed by atoms with E-state index in [1.54, 1.807) is 24.0 Å². The van der Waals surface area contributed by atoms with E-state index in [-0.39, 0.29) is 5.91 Å². The first kappa shape index (κ1) is 12.2. The van der Waals surface area contributed by atoms with E-state index in [1.165, 1.54) is 6.26 Å². The first-order chi connectivity index (χ1) is 8.74. The van der Waals surface area contributed by atoms with Crippen LogP contribution in [0.25, 0.3) is 0 Å². The predicted molar refractivity (Wildman–Crippen MR) is 71.8 cm³/mol.